The van der Waals surface area contributed by atoms with E-state index in [1.807, 2.05) is 49.5 Å². The fourth-order valence-corrected chi connectivity index (χ4v) is 6.58. The molecular weight excluding hydrogens is 619 g/mol. The van der Waals surface area contributed by atoms with Crippen LogP contribution in [0.5, 0.6) is 10.9 Å². The minimum absolute atomic E-state index is 0.412. The van der Waals surface area contributed by atoms with Crippen LogP contribution in [0, 0.1) is 0 Å². The van der Waals surface area contributed by atoms with Gasteiger partial charge in [-0.1, -0.05) is 47.2 Å². The minimum Gasteiger partial charge on any atom is -0.431 e. The molecular formula is C33H32Cl2N4O4S. The number of aromatic amines is 1. The topological polar surface area (TPSA) is 79.9 Å². The number of aromatic nitrogens is 2. The van der Waals surface area contributed by atoms with Crippen LogP contribution in [0.25, 0.3) is 10.9 Å². The summed E-state index contributed by atoms with van der Waals surface area (Å²) in [5.74, 6) is 1.03. The Hall–Kier alpha value is -3.60. The number of halogens is 2. The number of morpholine rings is 1. The van der Waals surface area contributed by atoms with Crippen LogP contribution in [0.3, 0.4) is 0 Å². The number of hydrogen-bond acceptors (Lipinski definition) is 7. The Morgan fingerprint density at radius 1 is 1.11 bits per heavy atom. The fraction of sp³-hybridized carbons (Fsp3) is 0.273. The smallest absolute Gasteiger partial charge is 0.416 e. The van der Waals surface area contributed by atoms with Crippen LogP contribution in [-0.4, -0.2) is 58.7 Å². The van der Waals surface area contributed by atoms with Gasteiger partial charge in [-0.15, -0.1) is 0 Å². The Bertz CT molecular complexity index is 1720. The van der Waals surface area contributed by atoms with Gasteiger partial charge in [0.1, 0.15) is 17.6 Å². The van der Waals surface area contributed by atoms with Crippen molar-refractivity contribution in [1.82, 2.24) is 19.8 Å². The molecule has 0 spiro atoms. The van der Waals surface area contributed by atoms with Gasteiger partial charge in [0.05, 0.1) is 13.2 Å². The summed E-state index contributed by atoms with van der Waals surface area (Å²) in [4.78, 5) is 26.7. The first-order valence-electron chi connectivity index (χ1n) is 14.4. The van der Waals surface area contributed by atoms with Crippen molar-refractivity contribution in [2.24, 2.45) is 0 Å². The molecule has 1 atom stereocenters. The molecule has 4 aromatic rings. The quantitative estimate of drug-likeness (QED) is 0.154. The molecule has 2 aliphatic rings. The first-order valence-corrected chi connectivity index (χ1v) is 15.9. The molecule has 0 unspecified atom stereocenters. The van der Waals surface area contributed by atoms with Gasteiger partial charge in [0, 0.05) is 63.9 Å². The molecule has 6 rings (SSSR count). The highest BCUT2D eigenvalue weighted by Crippen LogP contribution is 2.40. The molecule has 8 nitrogen and oxygen atoms in total. The Morgan fingerprint density at radius 2 is 1.89 bits per heavy atom. The van der Waals surface area contributed by atoms with Crippen LogP contribution in [0.1, 0.15) is 29.1 Å². The van der Waals surface area contributed by atoms with Gasteiger partial charge in [-0.3, -0.25) is 9.80 Å². The molecule has 0 aliphatic carbocycles. The molecule has 1 N–H and O–H groups in total. The van der Waals surface area contributed by atoms with Gasteiger partial charge < -0.3 is 19.2 Å². The summed E-state index contributed by atoms with van der Waals surface area (Å²) < 4.78 is 17.3. The average molecular weight is 652 g/mol. The Labute approximate surface area is 270 Å². The summed E-state index contributed by atoms with van der Waals surface area (Å²) in [6, 6.07) is 12.0. The first kappa shape index (κ1) is 30.4. The van der Waals surface area contributed by atoms with Gasteiger partial charge in [-0.25, -0.2) is 9.78 Å². The summed E-state index contributed by atoms with van der Waals surface area (Å²) in [7, 11) is 0. The molecule has 228 valence electrons. The highest BCUT2D eigenvalue weighted by molar-refractivity contribution is 7.13. The monoisotopic (exact) mass is 650 g/mol. The number of benzene rings is 2. The molecule has 11 heteroatoms. The summed E-state index contributed by atoms with van der Waals surface area (Å²) in [6.45, 7) is 10.9. The number of nitrogens with one attached hydrogen (secondary N) is 1. The third-order valence-electron chi connectivity index (χ3n) is 7.66. The van der Waals surface area contributed by atoms with Crippen molar-refractivity contribution in [3.8, 4) is 10.9 Å². The van der Waals surface area contributed by atoms with Crippen LogP contribution in [0.2, 0.25) is 10.0 Å². The van der Waals surface area contributed by atoms with Crippen molar-refractivity contribution < 1.29 is 19.0 Å². The number of carbonyl (C=O) groups is 1. The van der Waals surface area contributed by atoms with Crippen molar-refractivity contribution in [2.45, 2.75) is 25.9 Å². The number of rotatable bonds is 8. The number of allylic oxidation sites excluding steroid dienone is 2. The highest BCUT2D eigenvalue weighted by Gasteiger charge is 2.35. The van der Waals surface area contributed by atoms with Crippen LogP contribution in [0.15, 0.2) is 84.8 Å². The van der Waals surface area contributed by atoms with Crippen LogP contribution < -0.4 is 9.47 Å². The predicted molar refractivity (Wildman–Crippen MR) is 175 cm³/mol. The van der Waals surface area contributed by atoms with Gasteiger partial charge in [0.25, 0.3) is 5.19 Å². The maximum atomic E-state index is 13.5. The van der Waals surface area contributed by atoms with E-state index in [9.17, 15) is 4.79 Å². The van der Waals surface area contributed by atoms with Crippen molar-refractivity contribution in [2.75, 3.05) is 32.8 Å². The zero-order chi connectivity index (χ0) is 30.6. The third kappa shape index (κ3) is 6.87. The van der Waals surface area contributed by atoms with Gasteiger partial charge in [0.15, 0.2) is 0 Å². The molecule has 1 fully saturated rings. The summed E-state index contributed by atoms with van der Waals surface area (Å²) in [5, 5.41) is 2.82. The number of carbonyl (C=O) groups excluding carboxylic acids is 1. The lowest BCUT2D eigenvalue weighted by Gasteiger charge is -2.35. The van der Waals surface area contributed by atoms with E-state index < -0.39 is 12.1 Å². The van der Waals surface area contributed by atoms with Crippen LogP contribution in [-0.2, 0) is 17.7 Å². The SMILES string of the molecule is C=C(/C=C\C(=C/C)Oc1ncc(CN2CCOCC2)s1)[C@H]1c2[nH]c3ccc(Cl)cc3c2CCN1C(=O)Oc1ccc(Cl)cc1. The molecule has 4 heterocycles. The highest BCUT2D eigenvalue weighted by atomic mass is 35.5. The molecule has 0 saturated carbocycles. The lowest BCUT2D eigenvalue weighted by atomic mass is 9.93. The second-order valence-electron chi connectivity index (χ2n) is 10.6. The third-order valence-corrected chi connectivity index (χ3v) is 9.01. The predicted octanol–water partition coefficient (Wildman–Crippen LogP) is 7.96. The molecule has 2 aliphatic heterocycles. The van der Waals surface area contributed by atoms with Crippen LogP contribution in [0.4, 0.5) is 4.79 Å². The minimum atomic E-state index is -0.501. The Balaban J connectivity index is 1.22. The van der Waals surface area contributed by atoms with E-state index in [1.54, 1.807) is 29.2 Å². The molecule has 44 heavy (non-hydrogen) atoms. The van der Waals surface area contributed by atoms with E-state index in [0.29, 0.717) is 45.3 Å². The molecule has 1 saturated heterocycles. The van der Waals surface area contributed by atoms with Crippen molar-refractivity contribution in [3.63, 3.8) is 0 Å². The largest absolute Gasteiger partial charge is 0.431 e. The maximum Gasteiger partial charge on any atom is 0.416 e. The van der Waals surface area contributed by atoms with E-state index in [2.05, 4.69) is 21.4 Å². The summed E-state index contributed by atoms with van der Waals surface area (Å²) in [6.07, 6.45) is 7.62. The number of nitrogens with zero attached hydrogens (tertiary/aromatic N) is 3. The molecule has 0 bridgehead atoms. The second-order valence-corrected chi connectivity index (χ2v) is 12.5. The lowest BCUT2D eigenvalue weighted by molar-refractivity contribution is 0.0346. The van der Waals surface area contributed by atoms with E-state index >= 15 is 0 Å². The Kier molecular flexibility index (Phi) is 9.39. The number of fused-ring (bicyclic) bond motifs is 3. The van der Waals surface area contributed by atoms with Gasteiger partial charge in [0.2, 0.25) is 0 Å². The number of H-pyrrole nitrogens is 1. The zero-order valence-electron chi connectivity index (χ0n) is 24.2. The van der Waals surface area contributed by atoms with E-state index in [-0.39, 0.29) is 0 Å². The van der Waals surface area contributed by atoms with Crippen molar-refractivity contribution in [1.29, 1.82) is 0 Å². The molecule has 0 radical (unpaired) electrons. The first-order chi connectivity index (χ1) is 21.4. The second kappa shape index (κ2) is 13.6. The fourth-order valence-electron chi connectivity index (χ4n) is 5.46. The van der Waals surface area contributed by atoms with Crippen LogP contribution >= 0.6 is 34.5 Å². The number of thiazole rings is 1. The number of ether oxygens (including phenoxy) is 3. The standard InChI is InChI=1S/C33H32Cl2N4O4S/c1-3-24(42-32-36-19-26(44-32)20-38-14-16-41-17-15-38)8-4-21(2)31-30-27(28-18-23(35)7-11-29(28)37-30)12-13-39(31)33(40)43-25-9-5-22(34)6-10-25/h3-11,18-19,31,37H,2,12-17,20H2,1H3/b8-4-,24-3+/t31-/m0/s1. The van der Waals surface area contributed by atoms with Gasteiger partial charge >= 0.3 is 6.09 Å². The molecule has 2 aromatic heterocycles. The van der Waals surface area contributed by atoms with E-state index in [0.717, 1.165) is 59.9 Å². The zero-order valence-corrected chi connectivity index (χ0v) is 26.6. The summed E-state index contributed by atoms with van der Waals surface area (Å²) in [5.41, 5.74) is 3.62. The van der Waals surface area contributed by atoms with Gasteiger partial charge in [-0.05, 0) is 79.1 Å². The number of amides is 1. The lowest BCUT2D eigenvalue weighted by Crippen LogP contribution is -2.42. The normalized spacial score (nSPS) is 17.7. The van der Waals surface area contributed by atoms with E-state index in [1.165, 1.54) is 11.3 Å². The molecule has 1 amide bonds. The van der Waals surface area contributed by atoms with Crippen molar-refractivity contribution >= 4 is 51.5 Å². The maximum absolute atomic E-state index is 13.5. The van der Waals surface area contributed by atoms with Gasteiger partial charge in [-0.2, -0.15) is 0 Å². The van der Waals surface area contributed by atoms with E-state index in [4.69, 9.17) is 37.4 Å². The molecule has 2 aromatic carbocycles. The number of hydrogen-bond donors (Lipinski definition) is 1. The summed E-state index contributed by atoms with van der Waals surface area (Å²) >= 11 is 13.9. The Morgan fingerprint density at radius 3 is 2.66 bits per heavy atom. The van der Waals surface area contributed by atoms with Crippen molar-refractivity contribution in [3.05, 3.63) is 111 Å². The average Bonchev–Trinajstić information content (AvgIpc) is 3.63.